The first-order valence-corrected chi connectivity index (χ1v) is 6.23. The molecule has 0 saturated heterocycles. The van der Waals surface area contributed by atoms with Crippen molar-refractivity contribution in [3.05, 3.63) is 12.2 Å². The molecule has 0 bridgehead atoms. The van der Waals surface area contributed by atoms with Crippen LogP contribution in [-0.4, -0.2) is 22.3 Å². The van der Waals surface area contributed by atoms with Crippen molar-refractivity contribution in [3.8, 4) is 0 Å². The molecule has 0 aliphatic rings. The molecule has 0 amide bonds. The summed E-state index contributed by atoms with van der Waals surface area (Å²) in [4.78, 5) is 10.2. The summed E-state index contributed by atoms with van der Waals surface area (Å²) in [7, 11) is 0. The highest BCUT2D eigenvalue weighted by atomic mass is 16.4. The van der Waals surface area contributed by atoms with E-state index in [1.54, 1.807) is 6.08 Å². The highest BCUT2D eigenvalue weighted by Crippen LogP contribution is 2.07. The van der Waals surface area contributed by atoms with E-state index < -0.39 is 5.97 Å². The third-order valence-electron chi connectivity index (χ3n) is 2.47. The smallest absolute Gasteiger partial charge is 0.303 e. The largest absolute Gasteiger partial charge is 0.481 e. The van der Waals surface area contributed by atoms with Gasteiger partial charge in [-0.3, -0.25) is 4.79 Å². The molecule has 0 heterocycles. The maximum atomic E-state index is 10.2. The number of aliphatic hydroxyl groups is 1. The van der Waals surface area contributed by atoms with Crippen molar-refractivity contribution in [1.82, 2.24) is 0 Å². The summed E-state index contributed by atoms with van der Waals surface area (Å²) >= 11 is 0. The van der Waals surface area contributed by atoms with Crippen LogP contribution in [0.2, 0.25) is 0 Å². The molecule has 3 nitrogen and oxygen atoms in total. The normalized spacial score (nSPS) is 13.1. The monoisotopic (exact) mass is 228 g/mol. The summed E-state index contributed by atoms with van der Waals surface area (Å²) in [6.45, 7) is 2.17. The van der Waals surface area contributed by atoms with Crippen molar-refractivity contribution in [3.63, 3.8) is 0 Å². The molecule has 0 aromatic rings. The van der Waals surface area contributed by atoms with Crippen LogP contribution in [0.1, 0.15) is 58.3 Å². The van der Waals surface area contributed by atoms with Crippen molar-refractivity contribution >= 4 is 5.97 Å². The molecule has 0 saturated carbocycles. The van der Waals surface area contributed by atoms with Gasteiger partial charge in [0.25, 0.3) is 0 Å². The van der Waals surface area contributed by atoms with Gasteiger partial charge < -0.3 is 10.2 Å². The number of hydrogen-bond acceptors (Lipinski definition) is 2. The summed E-state index contributed by atoms with van der Waals surface area (Å²) in [6.07, 6.45) is 10.4. The van der Waals surface area contributed by atoms with Crippen molar-refractivity contribution in [1.29, 1.82) is 0 Å². The zero-order chi connectivity index (χ0) is 12.2. The van der Waals surface area contributed by atoms with Crippen molar-refractivity contribution in [2.75, 3.05) is 0 Å². The zero-order valence-corrected chi connectivity index (χ0v) is 10.2. The Hall–Kier alpha value is -0.830. The lowest BCUT2D eigenvalue weighted by molar-refractivity contribution is -0.137. The summed E-state index contributed by atoms with van der Waals surface area (Å²) in [5.74, 6) is -0.756. The number of unbranched alkanes of at least 4 members (excludes halogenated alkanes) is 4. The van der Waals surface area contributed by atoms with Crippen molar-refractivity contribution in [2.45, 2.75) is 64.4 Å². The highest BCUT2D eigenvalue weighted by molar-refractivity contribution is 5.66. The van der Waals surface area contributed by atoms with Gasteiger partial charge in [-0.15, -0.1) is 0 Å². The molecule has 3 heteroatoms. The molecule has 0 aromatic carbocycles. The van der Waals surface area contributed by atoms with Crippen LogP contribution in [0, 0.1) is 0 Å². The van der Waals surface area contributed by atoms with Crippen molar-refractivity contribution in [2.24, 2.45) is 0 Å². The minimum absolute atomic E-state index is 0.205. The predicted molar refractivity (Wildman–Crippen MR) is 65.4 cm³/mol. The van der Waals surface area contributed by atoms with Crippen LogP contribution in [0.4, 0.5) is 0 Å². The van der Waals surface area contributed by atoms with E-state index in [0.717, 1.165) is 19.3 Å². The van der Waals surface area contributed by atoms with Crippen LogP contribution in [-0.2, 0) is 4.79 Å². The van der Waals surface area contributed by atoms with Gasteiger partial charge in [-0.05, 0) is 19.3 Å². The van der Waals surface area contributed by atoms with Gasteiger partial charge in [0.15, 0.2) is 0 Å². The average Bonchev–Trinajstić information content (AvgIpc) is 2.23. The number of carbonyl (C=O) groups is 1. The number of allylic oxidation sites excluding steroid dienone is 1. The second-order valence-electron chi connectivity index (χ2n) is 4.13. The fourth-order valence-corrected chi connectivity index (χ4v) is 1.50. The van der Waals surface area contributed by atoms with E-state index in [1.807, 2.05) is 6.08 Å². The highest BCUT2D eigenvalue weighted by Gasteiger charge is 1.98. The Morgan fingerprint density at radius 2 is 2.00 bits per heavy atom. The van der Waals surface area contributed by atoms with Crippen LogP contribution in [0.15, 0.2) is 12.2 Å². The first kappa shape index (κ1) is 15.2. The number of aliphatic carboxylic acids is 1. The first-order chi connectivity index (χ1) is 7.66. The Kier molecular flexibility index (Phi) is 10.1. The molecule has 16 heavy (non-hydrogen) atoms. The second kappa shape index (κ2) is 10.7. The predicted octanol–water partition coefficient (Wildman–Crippen LogP) is 3.13. The first-order valence-electron chi connectivity index (χ1n) is 6.23. The number of carboxylic acid groups (broad SMARTS) is 1. The Morgan fingerprint density at radius 1 is 1.25 bits per heavy atom. The molecule has 0 rings (SSSR count). The van der Waals surface area contributed by atoms with E-state index in [4.69, 9.17) is 5.11 Å². The summed E-state index contributed by atoms with van der Waals surface area (Å²) < 4.78 is 0. The van der Waals surface area contributed by atoms with Gasteiger partial charge >= 0.3 is 5.97 Å². The van der Waals surface area contributed by atoms with Crippen LogP contribution in [0.5, 0.6) is 0 Å². The van der Waals surface area contributed by atoms with E-state index in [9.17, 15) is 9.90 Å². The number of carboxylic acids is 1. The lowest BCUT2D eigenvalue weighted by Gasteiger charge is -2.04. The quantitative estimate of drug-likeness (QED) is 0.446. The van der Waals surface area contributed by atoms with Gasteiger partial charge in [0.1, 0.15) is 0 Å². The Labute approximate surface area is 98.2 Å². The maximum Gasteiger partial charge on any atom is 0.303 e. The van der Waals surface area contributed by atoms with Crippen LogP contribution >= 0.6 is 0 Å². The minimum Gasteiger partial charge on any atom is -0.481 e. The van der Waals surface area contributed by atoms with Gasteiger partial charge in [0, 0.05) is 6.42 Å². The van der Waals surface area contributed by atoms with Crippen LogP contribution < -0.4 is 0 Å². The molecule has 1 unspecified atom stereocenters. The molecular weight excluding hydrogens is 204 g/mol. The third kappa shape index (κ3) is 11.2. The van der Waals surface area contributed by atoms with Gasteiger partial charge in [0.2, 0.25) is 0 Å². The van der Waals surface area contributed by atoms with Crippen LogP contribution in [0.3, 0.4) is 0 Å². The number of aliphatic hydroxyl groups excluding tert-OH is 1. The molecule has 0 spiro atoms. The number of hydrogen-bond donors (Lipinski definition) is 2. The van der Waals surface area contributed by atoms with Gasteiger partial charge in [-0.2, -0.15) is 0 Å². The molecule has 0 aromatic heterocycles. The van der Waals surface area contributed by atoms with E-state index in [-0.39, 0.29) is 12.5 Å². The van der Waals surface area contributed by atoms with Gasteiger partial charge in [-0.1, -0.05) is 44.8 Å². The van der Waals surface area contributed by atoms with E-state index in [0.29, 0.717) is 6.42 Å². The number of rotatable bonds is 10. The molecule has 1 atom stereocenters. The van der Waals surface area contributed by atoms with Crippen molar-refractivity contribution < 1.29 is 15.0 Å². The molecular formula is C13H24O3. The molecule has 0 aliphatic heterocycles. The molecule has 0 fully saturated rings. The fourth-order valence-electron chi connectivity index (χ4n) is 1.50. The molecule has 2 N–H and O–H groups in total. The summed E-state index contributed by atoms with van der Waals surface area (Å²) in [5, 5.41) is 18.0. The second-order valence-corrected chi connectivity index (χ2v) is 4.13. The lowest BCUT2D eigenvalue weighted by atomic mass is 10.1. The van der Waals surface area contributed by atoms with E-state index in [2.05, 4.69) is 6.92 Å². The van der Waals surface area contributed by atoms with Crippen LogP contribution in [0.25, 0.3) is 0 Å². The van der Waals surface area contributed by atoms with Gasteiger partial charge in [-0.25, -0.2) is 0 Å². The fraction of sp³-hybridized carbons (Fsp3) is 0.769. The van der Waals surface area contributed by atoms with Gasteiger partial charge in [0.05, 0.1) is 6.10 Å². The zero-order valence-electron chi connectivity index (χ0n) is 10.2. The molecule has 0 aliphatic carbocycles. The molecule has 0 radical (unpaired) electrons. The standard InChI is InChI=1S/C13H24O3/c1-2-3-4-6-9-12(14)10-7-5-8-11-13(15)16/h7,10,12,14H,2-6,8-9,11H2,1H3,(H,15,16). The van der Waals surface area contributed by atoms with E-state index in [1.165, 1.54) is 19.3 Å². The Balaban J connectivity index is 3.36. The topological polar surface area (TPSA) is 57.5 Å². The average molecular weight is 228 g/mol. The Bertz CT molecular complexity index is 199. The third-order valence-corrected chi connectivity index (χ3v) is 2.47. The summed E-state index contributed by atoms with van der Waals surface area (Å²) in [5.41, 5.74) is 0. The Morgan fingerprint density at radius 3 is 2.62 bits per heavy atom. The SMILES string of the molecule is CCCCCCC(O)C=CCCCC(=O)O. The minimum atomic E-state index is -0.756. The lowest BCUT2D eigenvalue weighted by Crippen LogP contribution is -2.01. The summed E-state index contributed by atoms with van der Waals surface area (Å²) in [6, 6.07) is 0. The molecule has 94 valence electrons. The maximum absolute atomic E-state index is 10.2. The van der Waals surface area contributed by atoms with E-state index >= 15 is 0 Å².